The monoisotopic (exact) mass is 362 g/mol. The molecule has 0 fully saturated rings. The molecular formula is C16H14ClF3O2S. The second kappa shape index (κ2) is 7.66. The van der Waals surface area contributed by atoms with Gasteiger partial charge in [0.05, 0.1) is 15.4 Å². The molecule has 0 aliphatic carbocycles. The summed E-state index contributed by atoms with van der Waals surface area (Å²) in [6.07, 6.45) is 0. The quantitative estimate of drug-likeness (QED) is 0.701. The summed E-state index contributed by atoms with van der Waals surface area (Å²) in [6, 6.07) is 6.14. The second-order valence-corrected chi connectivity index (χ2v) is 6.51. The lowest BCUT2D eigenvalue weighted by Crippen LogP contribution is -2.08. The minimum absolute atomic E-state index is 0.250. The van der Waals surface area contributed by atoms with Crippen LogP contribution in [0.25, 0.3) is 4.91 Å². The fraction of sp³-hybridized carbons (Fsp3) is 0.125. The molecule has 124 valence electrons. The molecule has 0 aromatic heterocycles. The first-order valence-corrected chi connectivity index (χ1v) is 8.44. The Kier molecular flexibility index (Phi) is 6.41. The summed E-state index contributed by atoms with van der Waals surface area (Å²) in [6.45, 7) is 7.19. The molecule has 0 atom stereocenters. The van der Waals surface area contributed by atoms with Crippen molar-refractivity contribution in [3.63, 3.8) is 0 Å². The zero-order valence-corrected chi connectivity index (χ0v) is 14.0. The van der Waals surface area contributed by atoms with Crippen molar-refractivity contribution in [2.75, 3.05) is 0 Å². The molecule has 23 heavy (non-hydrogen) atoms. The van der Waals surface area contributed by atoms with E-state index < -0.39 is 37.8 Å². The third-order valence-corrected chi connectivity index (χ3v) is 4.77. The van der Waals surface area contributed by atoms with Gasteiger partial charge in [-0.05, 0) is 36.4 Å². The Morgan fingerprint density at radius 3 is 1.96 bits per heavy atom. The van der Waals surface area contributed by atoms with Crippen LogP contribution in [-0.4, -0.2) is 8.42 Å². The summed E-state index contributed by atoms with van der Waals surface area (Å²) in [5.74, 6) is -4.17. The average Bonchev–Trinajstić information content (AvgIpc) is 2.53. The molecule has 2 aromatic rings. The van der Waals surface area contributed by atoms with Gasteiger partial charge in [0.25, 0.3) is 0 Å². The van der Waals surface area contributed by atoms with Gasteiger partial charge in [-0.2, -0.15) is 0 Å². The molecule has 0 amide bonds. The lowest BCUT2D eigenvalue weighted by Gasteiger charge is -2.10. The summed E-state index contributed by atoms with van der Waals surface area (Å²) in [4.78, 5) is -1.11. The van der Waals surface area contributed by atoms with Gasteiger partial charge in [-0.15, -0.1) is 0 Å². The second-order valence-electron chi connectivity index (χ2n) is 4.10. The summed E-state index contributed by atoms with van der Waals surface area (Å²) in [7, 11) is -4.27. The molecule has 0 N–H and O–H groups in total. The Morgan fingerprint density at radius 1 is 0.957 bits per heavy atom. The van der Waals surface area contributed by atoms with Crippen LogP contribution in [0.15, 0.2) is 47.9 Å². The van der Waals surface area contributed by atoms with E-state index in [1.807, 2.05) is 13.8 Å². The summed E-state index contributed by atoms with van der Waals surface area (Å²) in [5, 5.41) is 0.294. The van der Waals surface area contributed by atoms with Crippen LogP contribution in [0.5, 0.6) is 0 Å². The summed E-state index contributed by atoms with van der Waals surface area (Å²) in [5.41, 5.74) is -1.01. The lowest BCUT2D eigenvalue weighted by molar-refractivity contribution is 0.491. The largest absolute Gasteiger partial charge is 0.219 e. The maximum absolute atomic E-state index is 13.7. The highest BCUT2D eigenvalue weighted by Gasteiger charge is 2.27. The highest BCUT2D eigenvalue weighted by atomic mass is 35.5. The van der Waals surface area contributed by atoms with Crippen LogP contribution in [-0.2, 0) is 9.84 Å². The maximum atomic E-state index is 13.7. The van der Waals surface area contributed by atoms with E-state index in [9.17, 15) is 21.6 Å². The Balaban J connectivity index is 0.00000127. The van der Waals surface area contributed by atoms with Crippen LogP contribution in [0.4, 0.5) is 13.2 Å². The fourth-order valence-corrected chi connectivity index (χ4v) is 3.03. The van der Waals surface area contributed by atoms with Crippen molar-refractivity contribution in [3.05, 3.63) is 71.0 Å². The molecule has 2 aromatic carbocycles. The molecule has 0 saturated carbocycles. The third kappa shape index (κ3) is 3.95. The number of rotatable bonds is 3. The number of hydrogen-bond donors (Lipinski definition) is 0. The highest BCUT2D eigenvalue weighted by Crippen LogP contribution is 2.31. The molecular weight excluding hydrogens is 349 g/mol. The smallest absolute Gasteiger partial charge is 0.206 e. The molecule has 0 heterocycles. The lowest BCUT2D eigenvalue weighted by atomic mass is 10.2. The fourth-order valence-electron chi connectivity index (χ4n) is 1.67. The Hall–Kier alpha value is -1.79. The van der Waals surface area contributed by atoms with Crippen molar-refractivity contribution < 1.29 is 21.6 Å². The van der Waals surface area contributed by atoms with Crippen LogP contribution in [0.3, 0.4) is 0 Å². The highest BCUT2D eigenvalue weighted by molar-refractivity contribution is 8.00. The summed E-state index contributed by atoms with van der Waals surface area (Å²) < 4.78 is 65.0. The Morgan fingerprint density at radius 2 is 1.43 bits per heavy atom. The SMILES string of the molecule is C=C(c1c(F)ccc(F)c1F)S(=O)(=O)c1ccc(Cl)cc1.CC. The molecule has 7 heteroatoms. The first-order valence-electron chi connectivity index (χ1n) is 6.58. The zero-order valence-electron chi connectivity index (χ0n) is 12.4. The minimum atomic E-state index is -4.27. The van der Waals surface area contributed by atoms with Gasteiger partial charge in [0.15, 0.2) is 11.6 Å². The van der Waals surface area contributed by atoms with E-state index in [0.717, 1.165) is 12.1 Å². The molecule has 2 rings (SSSR count). The predicted molar refractivity (Wildman–Crippen MR) is 85.3 cm³/mol. The van der Waals surface area contributed by atoms with Gasteiger partial charge >= 0.3 is 0 Å². The molecule has 0 aliphatic rings. The van der Waals surface area contributed by atoms with Crippen LogP contribution >= 0.6 is 11.6 Å². The van der Waals surface area contributed by atoms with E-state index in [1.165, 1.54) is 12.1 Å². The van der Waals surface area contributed by atoms with Crippen molar-refractivity contribution >= 4 is 26.3 Å². The minimum Gasteiger partial charge on any atom is -0.219 e. The first kappa shape index (κ1) is 19.3. The van der Waals surface area contributed by atoms with Crippen molar-refractivity contribution in [1.29, 1.82) is 0 Å². The molecule has 0 bridgehead atoms. The molecule has 0 aliphatic heterocycles. The van der Waals surface area contributed by atoms with E-state index in [-0.39, 0.29) is 4.90 Å². The van der Waals surface area contributed by atoms with E-state index in [0.29, 0.717) is 17.2 Å². The van der Waals surface area contributed by atoms with E-state index in [1.54, 1.807) is 0 Å². The Bertz CT molecular complexity index is 816. The van der Waals surface area contributed by atoms with Crippen molar-refractivity contribution in [1.82, 2.24) is 0 Å². The van der Waals surface area contributed by atoms with Crippen molar-refractivity contribution in [3.8, 4) is 0 Å². The van der Waals surface area contributed by atoms with Gasteiger partial charge in [-0.25, -0.2) is 21.6 Å². The number of hydrogen-bond acceptors (Lipinski definition) is 2. The van der Waals surface area contributed by atoms with Gasteiger partial charge in [-0.1, -0.05) is 32.0 Å². The standard InChI is InChI=1S/C14H8ClF3O2S.C2H6/c1-8(13-11(16)6-7-12(17)14(13)18)21(19,20)10-4-2-9(15)3-5-10;1-2/h2-7H,1H2;1-2H3. The topological polar surface area (TPSA) is 34.1 Å². The van der Waals surface area contributed by atoms with E-state index in [4.69, 9.17) is 11.6 Å². The van der Waals surface area contributed by atoms with Gasteiger partial charge in [0.2, 0.25) is 9.84 Å². The van der Waals surface area contributed by atoms with Gasteiger partial charge in [0.1, 0.15) is 5.82 Å². The normalized spacial score (nSPS) is 10.7. The molecule has 0 saturated heterocycles. The maximum Gasteiger partial charge on any atom is 0.206 e. The van der Waals surface area contributed by atoms with E-state index >= 15 is 0 Å². The van der Waals surface area contributed by atoms with Crippen molar-refractivity contribution in [2.24, 2.45) is 0 Å². The van der Waals surface area contributed by atoms with Crippen LogP contribution in [0.1, 0.15) is 19.4 Å². The molecule has 0 spiro atoms. The average molecular weight is 363 g/mol. The molecule has 0 unspecified atom stereocenters. The van der Waals surface area contributed by atoms with Gasteiger partial charge < -0.3 is 0 Å². The van der Waals surface area contributed by atoms with Gasteiger partial charge in [0, 0.05) is 5.02 Å². The summed E-state index contributed by atoms with van der Waals surface area (Å²) >= 11 is 5.64. The third-order valence-electron chi connectivity index (χ3n) is 2.77. The van der Waals surface area contributed by atoms with E-state index in [2.05, 4.69) is 6.58 Å². The van der Waals surface area contributed by atoms with Crippen LogP contribution in [0, 0.1) is 17.5 Å². The molecule has 0 radical (unpaired) electrons. The van der Waals surface area contributed by atoms with Gasteiger partial charge in [-0.3, -0.25) is 0 Å². The predicted octanol–water partition coefficient (Wildman–Crippen LogP) is 5.23. The first-order chi connectivity index (χ1) is 10.7. The number of benzene rings is 2. The Labute approximate surface area is 138 Å². The van der Waals surface area contributed by atoms with Crippen LogP contribution in [0.2, 0.25) is 5.02 Å². The van der Waals surface area contributed by atoms with Crippen LogP contribution < -0.4 is 0 Å². The number of sulfone groups is 1. The van der Waals surface area contributed by atoms with Crippen molar-refractivity contribution in [2.45, 2.75) is 18.7 Å². The zero-order chi connectivity index (χ0) is 17.8. The molecule has 2 nitrogen and oxygen atoms in total. The number of halogens is 4.